The predicted octanol–water partition coefficient (Wildman–Crippen LogP) is 3.10. The molecule has 34 heavy (non-hydrogen) atoms. The summed E-state index contributed by atoms with van der Waals surface area (Å²) >= 11 is 0. The molecule has 9 heteroatoms. The molecule has 0 spiro atoms. The Morgan fingerprint density at radius 3 is 2.59 bits per heavy atom. The Balaban J connectivity index is 1.35. The zero-order valence-corrected chi connectivity index (χ0v) is 19.8. The lowest BCUT2D eigenvalue weighted by Gasteiger charge is -2.32. The fourth-order valence-electron chi connectivity index (χ4n) is 3.82. The maximum absolute atomic E-state index is 12.6. The summed E-state index contributed by atoms with van der Waals surface area (Å²) in [6.45, 7) is 5.04. The molecule has 3 rings (SSSR count). The SMILES string of the molecule is CCCCOC(=O)N1CCO[C@H](/C=C/C(=O)N2CCC(NC(=O)OCc3ccccc3)CC2)C1. The summed E-state index contributed by atoms with van der Waals surface area (Å²) in [4.78, 5) is 40.1. The van der Waals surface area contributed by atoms with Gasteiger partial charge in [-0.1, -0.05) is 43.7 Å². The van der Waals surface area contributed by atoms with Crippen molar-refractivity contribution in [2.45, 2.75) is 51.4 Å². The molecule has 2 fully saturated rings. The number of hydrogen-bond donors (Lipinski definition) is 1. The van der Waals surface area contributed by atoms with Crippen LogP contribution < -0.4 is 5.32 Å². The van der Waals surface area contributed by atoms with Gasteiger partial charge >= 0.3 is 12.2 Å². The van der Waals surface area contributed by atoms with Gasteiger partial charge in [0.15, 0.2) is 0 Å². The number of alkyl carbamates (subject to hydrolysis) is 1. The number of ether oxygens (including phenoxy) is 3. The quantitative estimate of drug-likeness (QED) is 0.460. The molecule has 1 atom stereocenters. The van der Waals surface area contributed by atoms with Crippen molar-refractivity contribution < 1.29 is 28.6 Å². The molecule has 0 aliphatic carbocycles. The number of unbranched alkanes of at least 4 members (excludes halogenated alkanes) is 1. The van der Waals surface area contributed by atoms with Crippen LogP contribution in [0.5, 0.6) is 0 Å². The molecule has 2 heterocycles. The normalized spacial score (nSPS) is 19.1. The first-order valence-electron chi connectivity index (χ1n) is 12.0. The molecule has 0 bridgehead atoms. The molecule has 0 unspecified atom stereocenters. The third-order valence-corrected chi connectivity index (χ3v) is 5.87. The van der Waals surface area contributed by atoms with E-state index in [1.165, 1.54) is 6.08 Å². The first kappa shape index (κ1) is 25.6. The van der Waals surface area contributed by atoms with Gasteiger partial charge in [-0.15, -0.1) is 0 Å². The lowest BCUT2D eigenvalue weighted by atomic mass is 10.1. The van der Waals surface area contributed by atoms with Crippen molar-refractivity contribution in [3.63, 3.8) is 0 Å². The van der Waals surface area contributed by atoms with Gasteiger partial charge in [0.05, 0.1) is 25.9 Å². The minimum Gasteiger partial charge on any atom is -0.449 e. The van der Waals surface area contributed by atoms with E-state index in [1.54, 1.807) is 15.9 Å². The molecular weight excluding hydrogens is 438 g/mol. The second-order valence-electron chi connectivity index (χ2n) is 8.49. The topological polar surface area (TPSA) is 97.4 Å². The molecule has 1 aromatic rings. The number of rotatable bonds is 8. The average molecular weight is 474 g/mol. The maximum atomic E-state index is 12.6. The number of hydrogen-bond acceptors (Lipinski definition) is 6. The van der Waals surface area contributed by atoms with Crippen LogP contribution in [0.25, 0.3) is 0 Å². The fourth-order valence-corrected chi connectivity index (χ4v) is 3.82. The van der Waals surface area contributed by atoms with Gasteiger partial charge in [-0.2, -0.15) is 0 Å². The second-order valence-corrected chi connectivity index (χ2v) is 8.49. The van der Waals surface area contributed by atoms with E-state index < -0.39 is 6.09 Å². The van der Waals surface area contributed by atoms with E-state index in [4.69, 9.17) is 14.2 Å². The number of nitrogens with one attached hydrogen (secondary N) is 1. The zero-order chi connectivity index (χ0) is 24.2. The summed E-state index contributed by atoms with van der Waals surface area (Å²) in [5.41, 5.74) is 0.934. The highest BCUT2D eigenvalue weighted by molar-refractivity contribution is 5.87. The minimum atomic E-state index is -0.444. The van der Waals surface area contributed by atoms with Crippen molar-refractivity contribution in [3.05, 3.63) is 48.0 Å². The van der Waals surface area contributed by atoms with E-state index >= 15 is 0 Å². The van der Waals surface area contributed by atoms with Crippen molar-refractivity contribution in [2.75, 3.05) is 39.4 Å². The van der Waals surface area contributed by atoms with Gasteiger partial charge in [-0.3, -0.25) is 4.79 Å². The number of carbonyl (C=O) groups is 3. The van der Waals surface area contributed by atoms with E-state index in [-0.39, 0.29) is 30.8 Å². The van der Waals surface area contributed by atoms with E-state index in [2.05, 4.69) is 5.32 Å². The monoisotopic (exact) mass is 473 g/mol. The minimum absolute atomic E-state index is 0.0229. The second kappa shape index (κ2) is 13.6. The number of morpholine rings is 1. The van der Waals surface area contributed by atoms with E-state index in [0.717, 1.165) is 18.4 Å². The first-order valence-corrected chi connectivity index (χ1v) is 12.0. The predicted molar refractivity (Wildman–Crippen MR) is 126 cm³/mol. The Morgan fingerprint density at radius 1 is 1.09 bits per heavy atom. The zero-order valence-electron chi connectivity index (χ0n) is 19.8. The number of likely N-dealkylation sites (tertiary alicyclic amines) is 1. The molecule has 1 N–H and O–H groups in total. The Kier molecular flexibility index (Phi) is 10.2. The molecule has 2 saturated heterocycles. The van der Waals surface area contributed by atoms with Crippen LogP contribution in [0.15, 0.2) is 42.5 Å². The molecule has 1 aromatic carbocycles. The highest BCUT2D eigenvalue weighted by Gasteiger charge is 2.26. The average Bonchev–Trinajstić information content (AvgIpc) is 2.87. The Bertz CT molecular complexity index is 823. The third-order valence-electron chi connectivity index (χ3n) is 5.87. The fraction of sp³-hybridized carbons (Fsp3) is 0.560. The van der Waals surface area contributed by atoms with E-state index in [0.29, 0.717) is 52.2 Å². The third kappa shape index (κ3) is 8.37. The van der Waals surface area contributed by atoms with Crippen LogP contribution in [0.4, 0.5) is 9.59 Å². The lowest BCUT2D eigenvalue weighted by molar-refractivity contribution is -0.127. The first-order chi connectivity index (χ1) is 16.5. The molecular formula is C25H35N3O6. The number of carbonyl (C=O) groups excluding carboxylic acids is 3. The van der Waals surface area contributed by atoms with Crippen LogP contribution in [0.3, 0.4) is 0 Å². The van der Waals surface area contributed by atoms with Crippen LogP contribution >= 0.6 is 0 Å². The van der Waals surface area contributed by atoms with Crippen molar-refractivity contribution in [1.29, 1.82) is 0 Å². The van der Waals surface area contributed by atoms with Crippen molar-refractivity contribution in [1.82, 2.24) is 15.1 Å². The van der Waals surface area contributed by atoms with Gasteiger partial charge in [0.25, 0.3) is 0 Å². The summed E-state index contributed by atoms with van der Waals surface area (Å²) in [6.07, 6.45) is 5.24. The number of amides is 3. The Labute approximate surface area is 201 Å². The van der Waals surface area contributed by atoms with Gasteiger partial charge in [0.1, 0.15) is 6.61 Å². The summed E-state index contributed by atoms with van der Waals surface area (Å²) < 4.78 is 16.2. The molecule has 9 nitrogen and oxygen atoms in total. The molecule has 0 radical (unpaired) electrons. The number of nitrogens with zero attached hydrogens (tertiary/aromatic N) is 2. The largest absolute Gasteiger partial charge is 0.449 e. The van der Waals surface area contributed by atoms with Gasteiger partial charge in [0, 0.05) is 31.8 Å². The van der Waals surface area contributed by atoms with Crippen LogP contribution in [-0.2, 0) is 25.6 Å². The Morgan fingerprint density at radius 2 is 1.85 bits per heavy atom. The molecule has 2 aliphatic heterocycles. The number of benzene rings is 1. The number of piperidine rings is 1. The van der Waals surface area contributed by atoms with Gasteiger partial charge in [0.2, 0.25) is 5.91 Å². The van der Waals surface area contributed by atoms with Gasteiger partial charge < -0.3 is 29.3 Å². The highest BCUT2D eigenvalue weighted by atomic mass is 16.6. The molecule has 3 amide bonds. The van der Waals surface area contributed by atoms with Crippen molar-refractivity contribution in [3.8, 4) is 0 Å². The van der Waals surface area contributed by atoms with Gasteiger partial charge in [-0.05, 0) is 30.9 Å². The molecule has 186 valence electrons. The van der Waals surface area contributed by atoms with Crippen LogP contribution in [-0.4, -0.2) is 79.4 Å². The van der Waals surface area contributed by atoms with Crippen LogP contribution in [0, 0.1) is 0 Å². The molecule has 0 saturated carbocycles. The van der Waals surface area contributed by atoms with Crippen molar-refractivity contribution >= 4 is 18.1 Å². The summed E-state index contributed by atoms with van der Waals surface area (Å²) in [7, 11) is 0. The summed E-state index contributed by atoms with van der Waals surface area (Å²) in [5.74, 6) is -0.101. The van der Waals surface area contributed by atoms with Gasteiger partial charge in [-0.25, -0.2) is 9.59 Å². The van der Waals surface area contributed by atoms with Crippen LogP contribution in [0.2, 0.25) is 0 Å². The molecule has 0 aromatic heterocycles. The van der Waals surface area contributed by atoms with E-state index in [1.807, 2.05) is 37.3 Å². The standard InChI is InChI=1S/C25H35N3O6/c1-2-3-16-33-25(31)28-15-17-32-22(18-28)9-10-23(29)27-13-11-21(12-14-27)26-24(30)34-19-20-7-5-4-6-8-20/h4-10,21-22H,2-3,11-19H2,1H3,(H,26,30)/b10-9+/t22-/m1/s1. The smallest absolute Gasteiger partial charge is 0.409 e. The molecule has 2 aliphatic rings. The lowest BCUT2D eigenvalue weighted by Crippen LogP contribution is -2.46. The van der Waals surface area contributed by atoms with Crippen molar-refractivity contribution in [2.24, 2.45) is 0 Å². The highest BCUT2D eigenvalue weighted by Crippen LogP contribution is 2.13. The summed E-state index contributed by atoms with van der Waals surface area (Å²) in [5, 5.41) is 2.88. The Hall–Kier alpha value is -3.07. The van der Waals surface area contributed by atoms with E-state index in [9.17, 15) is 14.4 Å². The summed E-state index contributed by atoms with van der Waals surface area (Å²) in [6, 6.07) is 9.49. The maximum Gasteiger partial charge on any atom is 0.409 e. The van der Waals surface area contributed by atoms with Crippen LogP contribution in [0.1, 0.15) is 38.2 Å².